The van der Waals surface area contributed by atoms with Crippen LogP contribution in [-0.2, 0) is 14.4 Å². The predicted molar refractivity (Wildman–Crippen MR) is 57.2 cm³/mol. The number of carboxylic acid groups (broad SMARTS) is 3. The predicted octanol–water partition coefficient (Wildman–Crippen LogP) is 0.368. The van der Waals surface area contributed by atoms with Gasteiger partial charge in [0, 0.05) is 40.7 Å². The number of carbonyl (C=O) groups is 3. The van der Waals surface area contributed by atoms with E-state index in [0.717, 1.165) is 0 Å². The Labute approximate surface area is 115 Å². The quantitative estimate of drug-likeness (QED) is 0.482. The summed E-state index contributed by atoms with van der Waals surface area (Å²) < 4.78 is 0. The molecule has 6 nitrogen and oxygen atoms in total. The zero-order valence-electron chi connectivity index (χ0n) is 9.19. The number of aliphatic carboxylic acids is 3. The van der Waals surface area contributed by atoms with Crippen LogP contribution in [-0.4, -0.2) is 62.8 Å². The summed E-state index contributed by atoms with van der Waals surface area (Å²) in [5.41, 5.74) is -0.127. The minimum atomic E-state index is -1.27. The fourth-order valence-corrected chi connectivity index (χ4v) is 0.258. The van der Waals surface area contributed by atoms with E-state index in [0.29, 0.717) is 0 Å². The first kappa shape index (κ1) is 20.3. The molecule has 85 valence electrons. The molecule has 0 rings (SSSR count). The van der Waals surface area contributed by atoms with E-state index in [4.69, 9.17) is 15.3 Å². The van der Waals surface area contributed by atoms with E-state index < -0.39 is 24.3 Å². The molecule has 7 heteroatoms. The average molecular weight is 239 g/mol. The molecule has 0 amide bonds. The standard InChI is InChI=1S/C5H6O4.C4H6O2.Na/c1-3(5(8)9)2-4(6)7;1-3(2)4(5)6;/h1-2H2,(H,6,7)(H,8,9);1H2,2H3,(H,5,6);. The largest absolute Gasteiger partial charge is 0.481 e. The molecule has 0 heterocycles. The molecule has 0 aliphatic rings. The third-order valence-electron chi connectivity index (χ3n) is 1.03. The van der Waals surface area contributed by atoms with Crippen molar-refractivity contribution in [1.29, 1.82) is 0 Å². The molecule has 0 atom stereocenters. The Morgan fingerprint density at radius 1 is 1.00 bits per heavy atom. The Morgan fingerprint density at radius 3 is 1.38 bits per heavy atom. The normalized spacial score (nSPS) is 7.56. The molecule has 0 spiro atoms. The summed E-state index contributed by atoms with van der Waals surface area (Å²) >= 11 is 0. The van der Waals surface area contributed by atoms with Crippen molar-refractivity contribution in [2.45, 2.75) is 13.3 Å². The minimum Gasteiger partial charge on any atom is -0.481 e. The Morgan fingerprint density at radius 2 is 1.31 bits per heavy atom. The second-order valence-corrected chi connectivity index (χ2v) is 2.56. The van der Waals surface area contributed by atoms with Gasteiger partial charge in [-0.05, 0) is 6.92 Å². The summed E-state index contributed by atoms with van der Waals surface area (Å²) in [4.78, 5) is 29.3. The number of rotatable bonds is 4. The topological polar surface area (TPSA) is 112 Å². The van der Waals surface area contributed by atoms with Crippen LogP contribution in [0, 0.1) is 0 Å². The molecular formula is C9H12NaO6. The van der Waals surface area contributed by atoms with Gasteiger partial charge in [0.25, 0.3) is 0 Å². The Balaban J connectivity index is -0.000000214. The summed E-state index contributed by atoms with van der Waals surface area (Å²) in [6.45, 7) is 7.62. The van der Waals surface area contributed by atoms with Crippen LogP contribution in [0.25, 0.3) is 0 Å². The molecule has 1 radical (unpaired) electrons. The number of hydrogen-bond acceptors (Lipinski definition) is 3. The van der Waals surface area contributed by atoms with Gasteiger partial charge in [-0.15, -0.1) is 0 Å². The van der Waals surface area contributed by atoms with Gasteiger partial charge in [-0.2, -0.15) is 0 Å². The van der Waals surface area contributed by atoms with Crippen LogP contribution in [0.4, 0.5) is 0 Å². The first-order chi connectivity index (χ1) is 6.68. The third-order valence-corrected chi connectivity index (χ3v) is 1.03. The smallest absolute Gasteiger partial charge is 0.331 e. The van der Waals surface area contributed by atoms with Gasteiger partial charge in [0.1, 0.15) is 0 Å². The second kappa shape index (κ2) is 10.4. The van der Waals surface area contributed by atoms with Crippen molar-refractivity contribution in [3.63, 3.8) is 0 Å². The number of carboxylic acids is 3. The molecule has 0 saturated heterocycles. The van der Waals surface area contributed by atoms with Crippen molar-refractivity contribution in [2.75, 3.05) is 0 Å². The third kappa shape index (κ3) is 15.4. The van der Waals surface area contributed by atoms with E-state index in [2.05, 4.69) is 13.2 Å². The molecule has 0 aromatic rings. The van der Waals surface area contributed by atoms with Crippen molar-refractivity contribution in [2.24, 2.45) is 0 Å². The van der Waals surface area contributed by atoms with Crippen LogP contribution >= 0.6 is 0 Å². The SMILES string of the molecule is C=C(C)C(=O)O.C=C(CC(=O)O)C(=O)O.[Na]. The number of hydrogen-bond donors (Lipinski definition) is 3. The molecule has 0 aromatic carbocycles. The van der Waals surface area contributed by atoms with Crippen molar-refractivity contribution < 1.29 is 29.7 Å². The summed E-state index contributed by atoms with van der Waals surface area (Å²) in [6, 6.07) is 0. The van der Waals surface area contributed by atoms with E-state index in [1.807, 2.05) is 0 Å². The van der Waals surface area contributed by atoms with Gasteiger partial charge in [-0.25, -0.2) is 9.59 Å². The zero-order chi connectivity index (χ0) is 12.6. The van der Waals surface area contributed by atoms with Crippen molar-refractivity contribution in [3.8, 4) is 0 Å². The molecular weight excluding hydrogens is 227 g/mol. The van der Waals surface area contributed by atoms with Crippen molar-refractivity contribution in [3.05, 3.63) is 24.3 Å². The average Bonchev–Trinajstić information content (AvgIpc) is 2.03. The summed E-state index contributed by atoms with van der Waals surface area (Å²) in [7, 11) is 0. The molecule has 3 N–H and O–H groups in total. The van der Waals surface area contributed by atoms with Gasteiger partial charge >= 0.3 is 17.9 Å². The summed E-state index contributed by atoms with van der Waals surface area (Å²) in [6.07, 6.45) is -0.505. The molecule has 0 aliphatic carbocycles. The Kier molecular flexibility index (Phi) is 13.2. The summed E-state index contributed by atoms with van der Waals surface area (Å²) in [5, 5.41) is 24.0. The molecule has 0 bridgehead atoms. The maximum Gasteiger partial charge on any atom is 0.331 e. The fraction of sp³-hybridized carbons (Fsp3) is 0.222. The molecule has 0 saturated carbocycles. The molecule has 0 unspecified atom stereocenters. The first-order valence-electron chi connectivity index (χ1n) is 3.70. The van der Waals surface area contributed by atoms with Crippen LogP contribution < -0.4 is 0 Å². The zero-order valence-corrected chi connectivity index (χ0v) is 11.2. The maximum absolute atomic E-state index is 9.87. The van der Waals surface area contributed by atoms with E-state index in [1.54, 1.807) is 0 Å². The van der Waals surface area contributed by atoms with E-state index in [1.165, 1.54) is 6.92 Å². The molecule has 0 aliphatic heterocycles. The van der Waals surface area contributed by atoms with E-state index >= 15 is 0 Å². The van der Waals surface area contributed by atoms with Crippen LogP contribution in [0.1, 0.15) is 13.3 Å². The van der Waals surface area contributed by atoms with Crippen molar-refractivity contribution in [1.82, 2.24) is 0 Å². The van der Waals surface area contributed by atoms with Gasteiger partial charge < -0.3 is 15.3 Å². The molecule has 0 fully saturated rings. The minimum absolute atomic E-state index is 0. The Hall–Kier alpha value is -1.11. The Bertz CT molecular complexity index is 295. The van der Waals surface area contributed by atoms with Gasteiger partial charge in [0.15, 0.2) is 0 Å². The summed E-state index contributed by atoms with van der Waals surface area (Å²) in [5.74, 6) is -3.38. The van der Waals surface area contributed by atoms with Crippen molar-refractivity contribution >= 4 is 47.5 Å². The van der Waals surface area contributed by atoms with Crippen LogP contribution in [0.2, 0.25) is 0 Å². The van der Waals surface area contributed by atoms with E-state index in [9.17, 15) is 14.4 Å². The maximum atomic E-state index is 9.87. The monoisotopic (exact) mass is 239 g/mol. The molecule has 0 aromatic heterocycles. The van der Waals surface area contributed by atoms with Gasteiger partial charge in [-0.1, -0.05) is 13.2 Å². The fourth-order valence-electron chi connectivity index (χ4n) is 0.258. The first-order valence-corrected chi connectivity index (χ1v) is 3.70. The van der Waals surface area contributed by atoms with Crippen LogP contribution in [0.3, 0.4) is 0 Å². The van der Waals surface area contributed by atoms with Gasteiger partial charge in [0.05, 0.1) is 6.42 Å². The molecule has 16 heavy (non-hydrogen) atoms. The van der Waals surface area contributed by atoms with E-state index in [-0.39, 0.29) is 40.7 Å². The van der Waals surface area contributed by atoms with Crippen LogP contribution in [0.15, 0.2) is 24.3 Å². The van der Waals surface area contributed by atoms with Gasteiger partial charge in [-0.3, -0.25) is 4.79 Å². The second-order valence-electron chi connectivity index (χ2n) is 2.56. The van der Waals surface area contributed by atoms with Crippen LogP contribution in [0.5, 0.6) is 0 Å². The van der Waals surface area contributed by atoms with Gasteiger partial charge in [0.2, 0.25) is 0 Å².